The van der Waals surface area contributed by atoms with Crippen LogP contribution in [0.4, 0.5) is 4.79 Å². The predicted octanol–water partition coefficient (Wildman–Crippen LogP) is -0.299. The van der Waals surface area contributed by atoms with Crippen molar-refractivity contribution in [3.63, 3.8) is 0 Å². The van der Waals surface area contributed by atoms with Crippen molar-refractivity contribution >= 4 is 12.3 Å². The lowest BCUT2D eigenvalue weighted by atomic mass is 10.5. The fourth-order valence-electron chi connectivity index (χ4n) is 0.502. The summed E-state index contributed by atoms with van der Waals surface area (Å²) in [5.74, 6) is 0. The first kappa shape index (κ1) is 6.54. The van der Waals surface area contributed by atoms with Crippen molar-refractivity contribution in [2.75, 3.05) is 0 Å². The molecule has 0 fully saturated rings. The maximum absolute atomic E-state index is 10.1. The van der Waals surface area contributed by atoms with Gasteiger partial charge in [-0.15, -0.1) is 0 Å². The van der Waals surface area contributed by atoms with E-state index in [1.165, 1.54) is 12.4 Å². The van der Waals surface area contributed by atoms with Crippen LogP contribution in [0.2, 0.25) is 0 Å². The number of rotatable bonds is 0. The van der Waals surface area contributed by atoms with Crippen LogP contribution in [0.25, 0.3) is 0 Å². The molecule has 52 valence electrons. The van der Waals surface area contributed by atoms with Crippen LogP contribution in [0.5, 0.6) is 0 Å². The van der Waals surface area contributed by atoms with Gasteiger partial charge in [-0.05, 0) is 12.2 Å². The average Bonchev–Trinajstić information content (AvgIpc) is 2.12. The van der Waals surface area contributed by atoms with Gasteiger partial charge >= 0.3 is 0 Å². The minimum Gasteiger partial charge on any atom is -0.528 e. The third-order valence-corrected chi connectivity index (χ3v) is 0.914. The number of amides is 1. The van der Waals surface area contributed by atoms with Gasteiger partial charge in [0.15, 0.2) is 6.09 Å². The molecule has 0 bridgehead atoms. The Morgan fingerprint density at radius 3 is 2.90 bits per heavy atom. The van der Waals surface area contributed by atoms with Crippen molar-refractivity contribution in [2.24, 2.45) is 5.10 Å². The number of nitrogens with zero attached hydrogens (tertiary/aromatic N) is 2. The average molecular weight is 137 g/mol. The van der Waals surface area contributed by atoms with Gasteiger partial charge in [0, 0.05) is 12.4 Å². The molecular formula is C6H5N2O2-. The Morgan fingerprint density at radius 2 is 2.20 bits per heavy atom. The van der Waals surface area contributed by atoms with E-state index in [1.54, 1.807) is 18.2 Å². The molecule has 1 aliphatic rings. The van der Waals surface area contributed by atoms with Gasteiger partial charge in [0.05, 0.1) is 0 Å². The van der Waals surface area contributed by atoms with Gasteiger partial charge in [-0.1, -0.05) is 6.08 Å². The number of hydrogen-bond donors (Lipinski definition) is 0. The molecule has 0 saturated carbocycles. The molecule has 0 saturated heterocycles. The second-order valence-corrected chi connectivity index (χ2v) is 1.60. The van der Waals surface area contributed by atoms with Crippen LogP contribution in [0.15, 0.2) is 29.5 Å². The molecule has 0 atom stereocenters. The Bertz CT molecular complexity index is 202. The highest BCUT2D eigenvalue weighted by Gasteiger charge is 1.93. The summed E-state index contributed by atoms with van der Waals surface area (Å²) < 4.78 is 0. The second-order valence-electron chi connectivity index (χ2n) is 1.60. The number of carbonyl (C=O) groups is 1. The molecule has 4 heteroatoms. The highest BCUT2D eigenvalue weighted by Crippen LogP contribution is 1.93. The fourth-order valence-corrected chi connectivity index (χ4v) is 0.502. The van der Waals surface area contributed by atoms with Gasteiger partial charge in [-0.25, -0.2) is 5.01 Å². The maximum Gasteiger partial charge on any atom is 0.163 e. The summed E-state index contributed by atoms with van der Waals surface area (Å²) in [5.41, 5.74) is 0. The molecule has 1 aliphatic heterocycles. The van der Waals surface area contributed by atoms with E-state index < -0.39 is 6.09 Å². The molecule has 1 rings (SSSR count). The second kappa shape index (κ2) is 2.82. The Labute approximate surface area is 57.8 Å². The van der Waals surface area contributed by atoms with Gasteiger partial charge in [-0.2, -0.15) is 5.10 Å². The Hall–Kier alpha value is -1.58. The first-order chi connectivity index (χ1) is 4.80. The van der Waals surface area contributed by atoms with E-state index in [0.717, 1.165) is 5.01 Å². The predicted molar refractivity (Wildman–Crippen MR) is 34.0 cm³/mol. The van der Waals surface area contributed by atoms with E-state index in [2.05, 4.69) is 5.10 Å². The number of hydrazone groups is 1. The lowest BCUT2D eigenvalue weighted by Crippen LogP contribution is -2.33. The highest BCUT2D eigenvalue weighted by molar-refractivity contribution is 5.74. The maximum atomic E-state index is 10.1. The van der Waals surface area contributed by atoms with E-state index in [9.17, 15) is 9.90 Å². The molecule has 0 aromatic carbocycles. The number of allylic oxidation sites excluding steroid dienone is 3. The summed E-state index contributed by atoms with van der Waals surface area (Å²) in [5, 5.41) is 14.3. The molecule has 1 heterocycles. The number of carboxylic acid groups (broad SMARTS) is 1. The molecule has 0 aromatic heterocycles. The van der Waals surface area contributed by atoms with Crippen LogP contribution in [0.3, 0.4) is 0 Å². The summed E-state index contributed by atoms with van der Waals surface area (Å²) in [6.45, 7) is 0. The molecular weight excluding hydrogens is 132 g/mol. The molecule has 0 N–H and O–H groups in total. The molecule has 0 unspecified atom stereocenters. The van der Waals surface area contributed by atoms with E-state index in [-0.39, 0.29) is 0 Å². The van der Waals surface area contributed by atoms with Gasteiger partial charge < -0.3 is 9.90 Å². The molecule has 0 aromatic rings. The van der Waals surface area contributed by atoms with Crippen LogP contribution >= 0.6 is 0 Å². The van der Waals surface area contributed by atoms with Crippen LogP contribution in [-0.4, -0.2) is 17.3 Å². The van der Waals surface area contributed by atoms with Crippen LogP contribution in [0.1, 0.15) is 0 Å². The molecule has 0 radical (unpaired) electrons. The molecule has 1 amide bonds. The Kier molecular flexibility index (Phi) is 1.84. The Balaban J connectivity index is 2.72. The Morgan fingerprint density at radius 1 is 1.40 bits per heavy atom. The molecule has 4 nitrogen and oxygen atoms in total. The lowest BCUT2D eigenvalue weighted by Gasteiger charge is -2.11. The van der Waals surface area contributed by atoms with E-state index in [0.29, 0.717) is 0 Å². The van der Waals surface area contributed by atoms with Crippen molar-refractivity contribution in [3.05, 3.63) is 24.4 Å². The summed E-state index contributed by atoms with van der Waals surface area (Å²) in [6.07, 6.45) is 6.19. The lowest BCUT2D eigenvalue weighted by molar-refractivity contribution is -0.262. The van der Waals surface area contributed by atoms with Crippen molar-refractivity contribution in [1.29, 1.82) is 0 Å². The SMILES string of the molecule is O=C([O-])N1C=CC=CC=N1. The van der Waals surface area contributed by atoms with Crippen molar-refractivity contribution in [1.82, 2.24) is 5.01 Å². The number of hydrogen-bond acceptors (Lipinski definition) is 3. The van der Waals surface area contributed by atoms with Gasteiger partial charge in [-0.3, -0.25) is 0 Å². The van der Waals surface area contributed by atoms with Crippen LogP contribution < -0.4 is 5.11 Å². The normalized spacial score (nSPS) is 15.4. The largest absolute Gasteiger partial charge is 0.528 e. The topological polar surface area (TPSA) is 55.7 Å². The zero-order chi connectivity index (χ0) is 7.40. The standard InChI is InChI=1S/C6H6N2O2/c9-6(10)8-5-3-1-2-4-7-8/h1-5H,(H,9,10)/p-1. The highest BCUT2D eigenvalue weighted by atomic mass is 16.4. The monoisotopic (exact) mass is 137 g/mol. The minimum absolute atomic E-state index is 0.722. The summed E-state index contributed by atoms with van der Waals surface area (Å²) in [7, 11) is 0. The van der Waals surface area contributed by atoms with Gasteiger partial charge in [0.25, 0.3) is 0 Å². The minimum atomic E-state index is -1.34. The summed E-state index contributed by atoms with van der Waals surface area (Å²) >= 11 is 0. The van der Waals surface area contributed by atoms with Crippen LogP contribution in [0, 0.1) is 0 Å². The van der Waals surface area contributed by atoms with Gasteiger partial charge in [0.1, 0.15) is 0 Å². The van der Waals surface area contributed by atoms with E-state index in [4.69, 9.17) is 0 Å². The van der Waals surface area contributed by atoms with Crippen molar-refractivity contribution in [3.8, 4) is 0 Å². The first-order valence-electron chi connectivity index (χ1n) is 2.68. The van der Waals surface area contributed by atoms with Gasteiger partial charge in [0.2, 0.25) is 0 Å². The number of carbonyl (C=O) groups excluding carboxylic acids is 1. The van der Waals surface area contributed by atoms with E-state index >= 15 is 0 Å². The fraction of sp³-hybridized carbons (Fsp3) is 0. The third-order valence-electron chi connectivity index (χ3n) is 0.914. The first-order valence-corrected chi connectivity index (χ1v) is 2.68. The summed E-state index contributed by atoms with van der Waals surface area (Å²) in [6, 6.07) is 0. The quantitative estimate of drug-likeness (QED) is 0.460. The smallest absolute Gasteiger partial charge is 0.163 e. The third kappa shape index (κ3) is 1.45. The van der Waals surface area contributed by atoms with Crippen molar-refractivity contribution in [2.45, 2.75) is 0 Å². The van der Waals surface area contributed by atoms with Crippen molar-refractivity contribution < 1.29 is 9.90 Å². The molecule has 10 heavy (non-hydrogen) atoms. The molecule has 0 aliphatic carbocycles. The summed E-state index contributed by atoms with van der Waals surface area (Å²) in [4.78, 5) is 10.1. The van der Waals surface area contributed by atoms with E-state index in [1.807, 2.05) is 0 Å². The van der Waals surface area contributed by atoms with Crippen LogP contribution in [-0.2, 0) is 0 Å². The zero-order valence-electron chi connectivity index (χ0n) is 5.10. The molecule has 0 spiro atoms. The zero-order valence-corrected chi connectivity index (χ0v) is 5.10.